The lowest BCUT2D eigenvalue weighted by atomic mass is 10.1. The Hall–Kier alpha value is -1.42. The van der Waals surface area contributed by atoms with Crippen LogP contribution >= 0.6 is 0 Å². The van der Waals surface area contributed by atoms with E-state index in [0.29, 0.717) is 39.1 Å². The van der Waals surface area contributed by atoms with Crippen molar-refractivity contribution in [2.45, 2.75) is 37.2 Å². The summed E-state index contributed by atoms with van der Waals surface area (Å²) in [5.74, 6) is -0.642. The molecule has 0 atom stereocenters. The van der Waals surface area contributed by atoms with Crippen LogP contribution in [0.3, 0.4) is 0 Å². The SMILES string of the molecule is COC(=O)c1cc(S(=O)(=O)N2CCC(OCCCN)CC2)c(C)o1. The number of ether oxygens (including phenoxy) is 2. The minimum atomic E-state index is -3.71. The van der Waals surface area contributed by atoms with E-state index in [2.05, 4.69) is 4.74 Å². The summed E-state index contributed by atoms with van der Waals surface area (Å²) in [6, 6.07) is 1.22. The van der Waals surface area contributed by atoms with Crippen LogP contribution in [-0.2, 0) is 19.5 Å². The number of methoxy groups -OCH3 is 1. The van der Waals surface area contributed by atoms with E-state index in [1.165, 1.54) is 24.4 Å². The zero-order chi connectivity index (χ0) is 17.7. The van der Waals surface area contributed by atoms with Gasteiger partial charge in [-0.3, -0.25) is 0 Å². The van der Waals surface area contributed by atoms with Crippen LogP contribution in [0.1, 0.15) is 35.6 Å². The Bertz CT molecular complexity index is 662. The van der Waals surface area contributed by atoms with Gasteiger partial charge in [-0.05, 0) is 32.7 Å². The summed E-state index contributed by atoms with van der Waals surface area (Å²) in [6.07, 6.45) is 2.11. The molecule has 0 radical (unpaired) electrons. The maximum Gasteiger partial charge on any atom is 0.373 e. The zero-order valence-corrected chi connectivity index (χ0v) is 14.8. The molecule has 24 heavy (non-hydrogen) atoms. The van der Waals surface area contributed by atoms with Gasteiger partial charge in [-0.1, -0.05) is 0 Å². The lowest BCUT2D eigenvalue weighted by Gasteiger charge is -2.31. The Kier molecular flexibility index (Phi) is 6.39. The predicted octanol–water partition coefficient (Wildman–Crippen LogP) is 0.893. The minimum Gasteiger partial charge on any atom is -0.463 e. The van der Waals surface area contributed by atoms with E-state index in [1.54, 1.807) is 0 Å². The van der Waals surface area contributed by atoms with Crippen molar-refractivity contribution in [3.63, 3.8) is 0 Å². The largest absolute Gasteiger partial charge is 0.463 e. The average Bonchev–Trinajstić information content (AvgIpc) is 2.97. The second-order valence-corrected chi connectivity index (χ2v) is 7.55. The van der Waals surface area contributed by atoms with E-state index >= 15 is 0 Å². The lowest BCUT2D eigenvalue weighted by molar-refractivity contribution is 0.0209. The van der Waals surface area contributed by atoms with E-state index in [4.69, 9.17) is 14.9 Å². The average molecular weight is 360 g/mol. The third kappa shape index (κ3) is 4.15. The number of carbonyl (C=O) groups is 1. The van der Waals surface area contributed by atoms with E-state index < -0.39 is 16.0 Å². The topological polar surface area (TPSA) is 112 Å². The van der Waals surface area contributed by atoms with Crippen LogP contribution in [0.5, 0.6) is 0 Å². The second-order valence-electron chi connectivity index (χ2n) is 5.64. The summed E-state index contributed by atoms with van der Waals surface area (Å²) in [4.78, 5) is 11.5. The van der Waals surface area contributed by atoms with Gasteiger partial charge in [-0.2, -0.15) is 4.31 Å². The highest BCUT2D eigenvalue weighted by molar-refractivity contribution is 7.89. The number of piperidine rings is 1. The Morgan fingerprint density at radius 3 is 2.67 bits per heavy atom. The Balaban J connectivity index is 2.04. The summed E-state index contributed by atoms with van der Waals surface area (Å²) < 4.78 is 42.4. The molecule has 0 amide bonds. The van der Waals surface area contributed by atoms with Crippen LogP contribution in [0, 0.1) is 6.92 Å². The van der Waals surface area contributed by atoms with Crippen molar-refractivity contribution in [2.75, 3.05) is 33.4 Å². The molecule has 2 N–H and O–H groups in total. The first-order valence-corrected chi connectivity index (χ1v) is 9.34. The summed E-state index contributed by atoms with van der Waals surface area (Å²) in [6.45, 7) is 3.43. The van der Waals surface area contributed by atoms with Gasteiger partial charge in [0.25, 0.3) is 0 Å². The predicted molar refractivity (Wildman–Crippen MR) is 86.2 cm³/mol. The maximum absolute atomic E-state index is 12.8. The van der Waals surface area contributed by atoms with Crippen molar-refractivity contribution in [3.8, 4) is 0 Å². The van der Waals surface area contributed by atoms with Gasteiger partial charge >= 0.3 is 5.97 Å². The number of hydrogen-bond acceptors (Lipinski definition) is 7. The zero-order valence-electron chi connectivity index (χ0n) is 14.0. The second kappa shape index (κ2) is 8.11. The van der Waals surface area contributed by atoms with E-state index in [-0.39, 0.29) is 22.5 Å². The number of carbonyl (C=O) groups excluding carboxylic acids is 1. The highest BCUT2D eigenvalue weighted by Gasteiger charge is 2.33. The maximum atomic E-state index is 12.8. The van der Waals surface area contributed by atoms with E-state index in [9.17, 15) is 13.2 Å². The van der Waals surface area contributed by atoms with Crippen LogP contribution in [0.15, 0.2) is 15.4 Å². The van der Waals surface area contributed by atoms with Crippen LogP contribution < -0.4 is 5.73 Å². The summed E-state index contributed by atoms with van der Waals surface area (Å²) in [5, 5.41) is 0. The van der Waals surface area contributed by atoms with Crippen molar-refractivity contribution >= 4 is 16.0 Å². The van der Waals surface area contributed by atoms with Crippen molar-refractivity contribution in [1.29, 1.82) is 0 Å². The number of nitrogens with zero attached hydrogens (tertiary/aromatic N) is 1. The molecule has 1 aliphatic rings. The number of esters is 1. The Morgan fingerprint density at radius 1 is 1.42 bits per heavy atom. The molecule has 1 aromatic heterocycles. The van der Waals surface area contributed by atoms with Gasteiger partial charge in [0.05, 0.1) is 13.2 Å². The first-order valence-electron chi connectivity index (χ1n) is 7.90. The van der Waals surface area contributed by atoms with Crippen LogP contribution in [-0.4, -0.2) is 58.1 Å². The highest BCUT2D eigenvalue weighted by atomic mass is 32.2. The standard InChI is InChI=1S/C15H24N2O6S/c1-11-14(10-13(23-11)15(18)21-2)24(19,20)17-7-4-12(5-8-17)22-9-3-6-16/h10,12H,3-9,16H2,1-2H3. The van der Waals surface area contributed by atoms with Gasteiger partial charge in [0.1, 0.15) is 10.7 Å². The molecule has 0 aromatic carbocycles. The molecule has 136 valence electrons. The molecule has 1 aromatic rings. The van der Waals surface area contributed by atoms with Crippen molar-refractivity contribution in [2.24, 2.45) is 5.73 Å². The molecule has 0 spiro atoms. The minimum absolute atomic E-state index is 0.00500. The molecule has 0 unspecified atom stereocenters. The van der Waals surface area contributed by atoms with Gasteiger partial charge in [0.2, 0.25) is 15.8 Å². The summed E-state index contributed by atoms with van der Waals surface area (Å²) in [7, 11) is -2.49. The van der Waals surface area contributed by atoms with Gasteiger partial charge < -0.3 is 19.6 Å². The highest BCUT2D eigenvalue weighted by Crippen LogP contribution is 2.27. The fourth-order valence-electron chi connectivity index (χ4n) is 2.63. The summed E-state index contributed by atoms with van der Waals surface area (Å²) in [5.41, 5.74) is 5.43. The van der Waals surface area contributed by atoms with Crippen molar-refractivity contribution < 1.29 is 27.1 Å². The third-order valence-electron chi connectivity index (χ3n) is 3.98. The molecule has 0 aliphatic carbocycles. The number of hydrogen-bond donors (Lipinski definition) is 1. The fraction of sp³-hybridized carbons (Fsp3) is 0.667. The fourth-order valence-corrected chi connectivity index (χ4v) is 4.26. The monoisotopic (exact) mass is 360 g/mol. The molecule has 8 nitrogen and oxygen atoms in total. The molecule has 1 fully saturated rings. The van der Waals surface area contributed by atoms with Crippen LogP contribution in [0.2, 0.25) is 0 Å². The lowest BCUT2D eigenvalue weighted by Crippen LogP contribution is -2.41. The number of aryl methyl sites for hydroxylation is 1. The molecule has 2 rings (SSSR count). The first kappa shape index (κ1) is 18.9. The molecule has 1 saturated heterocycles. The normalized spacial score (nSPS) is 17.1. The van der Waals surface area contributed by atoms with Crippen LogP contribution in [0.25, 0.3) is 0 Å². The number of nitrogens with two attached hydrogens (primary N) is 1. The van der Waals surface area contributed by atoms with Crippen molar-refractivity contribution in [3.05, 3.63) is 17.6 Å². The Morgan fingerprint density at radius 2 is 2.08 bits per heavy atom. The molecule has 1 aliphatic heterocycles. The molecule has 0 bridgehead atoms. The van der Waals surface area contributed by atoms with E-state index in [0.717, 1.165) is 6.42 Å². The molecular formula is C15H24N2O6S. The number of furan rings is 1. The van der Waals surface area contributed by atoms with E-state index in [1.807, 2.05) is 0 Å². The smallest absolute Gasteiger partial charge is 0.373 e. The van der Waals surface area contributed by atoms with Crippen LogP contribution in [0.4, 0.5) is 0 Å². The van der Waals surface area contributed by atoms with Crippen molar-refractivity contribution in [1.82, 2.24) is 4.31 Å². The third-order valence-corrected chi connectivity index (χ3v) is 5.99. The molecule has 9 heteroatoms. The molecule has 0 saturated carbocycles. The van der Waals surface area contributed by atoms with Gasteiger partial charge in [-0.15, -0.1) is 0 Å². The quantitative estimate of drug-likeness (QED) is 0.568. The van der Waals surface area contributed by atoms with Gasteiger partial charge in [-0.25, -0.2) is 13.2 Å². The van der Waals surface area contributed by atoms with Gasteiger partial charge in [0, 0.05) is 25.8 Å². The van der Waals surface area contributed by atoms with Gasteiger partial charge in [0.15, 0.2) is 0 Å². The summed E-state index contributed by atoms with van der Waals surface area (Å²) >= 11 is 0. The molecule has 2 heterocycles. The first-order chi connectivity index (χ1) is 11.4. The number of rotatable bonds is 7. The Labute approximate surface area is 141 Å². The molecular weight excluding hydrogens is 336 g/mol. The number of sulfonamides is 1.